The second kappa shape index (κ2) is 6.53. The standard InChI is InChI=1S/C18H27NO/c1-15-8-7-12-19(13-11-15)14-18(2,3)17(20)16-9-5-4-6-10-16/h4-6,9-10,15H,7-8,11-14H2,1-3H3. The lowest BCUT2D eigenvalue weighted by atomic mass is 9.83. The Labute approximate surface area is 123 Å². The maximum atomic E-state index is 12.7. The van der Waals surface area contributed by atoms with Gasteiger partial charge >= 0.3 is 0 Å². The zero-order valence-corrected chi connectivity index (χ0v) is 13.1. The summed E-state index contributed by atoms with van der Waals surface area (Å²) in [6.07, 6.45) is 3.84. The lowest BCUT2D eigenvalue weighted by Crippen LogP contribution is -2.39. The maximum absolute atomic E-state index is 12.7. The van der Waals surface area contributed by atoms with Gasteiger partial charge in [0.1, 0.15) is 0 Å². The van der Waals surface area contributed by atoms with Crippen LogP contribution < -0.4 is 0 Å². The van der Waals surface area contributed by atoms with Gasteiger partial charge in [-0.15, -0.1) is 0 Å². The molecule has 1 aromatic carbocycles. The van der Waals surface area contributed by atoms with Crippen molar-refractivity contribution < 1.29 is 4.79 Å². The van der Waals surface area contributed by atoms with Gasteiger partial charge in [0.05, 0.1) is 0 Å². The topological polar surface area (TPSA) is 20.3 Å². The van der Waals surface area contributed by atoms with Crippen LogP contribution in [0, 0.1) is 11.3 Å². The summed E-state index contributed by atoms with van der Waals surface area (Å²) < 4.78 is 0. The quantitative estimate of drug-likeness (QED) is 0.772. The lowest BCUT2D eigenvalue weighted by Gasteiger charge is -2.31. The summed E-state index contributed by atoms with van der Waals surface area (Å²) in [7, 11) is 0. The first-order chi connectivity index (χ1) is 9.49. The van der Waals surface area contributed by atoms with E-state index in [0.29, 0.717) is 0 Å². The second-order valence-corrected chi connectivity index (χ2v) is 6.89. The van der Waals surface area contributed by atoms with E-state index in [1.807, 2.05) is 30.3 Å². The number of nitrogens with zero attached hydrogens (tertiary/aromatic N) is 1. The zero-order valence-electron chi connectivity index (χ0n) is 13.1. The van der Waals surface area contributed by atoms with Crippen molar-refractivity contribution in [3.8, 4) is 0 Å². The van der Waals surface area contributed by atoms with Crippen LogP contribution in [0.25, 0.3) is 0 Å². The molecule has 0 N–H and O–H groups in total. The molecule has 0 spiro atoms. The number of benzene rings is 1. The predicted octanol–water partition coefficient (Wildman–Crippen LogP) is 4.02. The number of hydrogen-bond acceptors (Lipinski definition) is 2. The third-order valence-electron chi connectivity index (χ3n) is 4.38. The average Bonchev–Trinajstić information content (AvgIpc) is 2.63. The van der Waals surface area contributed by atoms with Crippen molar-refractivity contribution in [1.82, 2.24) is 4.90 Å². The van der Waals surface area contributed by atoms with E-state index in [-0.39, 0.29) is 11.2 Å². The van der Waals surface area contributed by atoms with Gasteiger partial charge in [0.2, 0.25) is 0 Å². The van der Waals surface area contributed by atoms with Gasteiger partial charge in [-0.05, 0) is 38.3 Å². The Hall–Kier alpha value is -1.15. The molecule has 2 rings (SSSR count). The van der Waals surface area contributed by atoms with E-state index >= 15 is 0 Å². The van der Waals surface area contributed by atoms with Crippen molar-refractivity contribution in [2.24, 2.45) is 11.3 Å². The van der Waals surface area contributed by atoms with Gasteiger partial charge in [0.25, 0.3) is 0 Å². The van der Waals surface area contributed by atoms with Gasteiger partial charge in [-0.3, -0.25) is 4.79 Å². The summed E-state index contributed by atoms with van der Waals surface area (Å²) in [5.74, 6) is 1.09. The van der Waals surface area contributed by atoms with Crippen molar-refractivity contribution in [3.05, 3.63) is 35.9 Å². The van der Waals surface area contributed by atoms with Gasteiger partial charge in [-0.25, -0.2) is 0 Å². The Bertz CT molecular complexity index is 438. The highest BCUT2D eigenvalue weighted by Gasteiger charge is 2.31. The van der Waals surface area contributed by atoms with Crippen LogP contribution in [0.5, 0.6) is 0 Å². The Balaban J connectivity index is 2.01. The second-order valence-electron chi connectivity index (χ2n) is 6.89. The molecule has 0 aliphatic carbocycles. The molecule has 1 fully saturated rings. The number of rotatable bonds is 4. The molecule has 110 valence electrons. The molecule has 1 aromatic rings. The van der Waals surface area contributed by atoms with E-state index in [1.54, 1.807) is 0 Å². The number of carbonyl (C=O) groups is 1. The van der Waals surface area contributed by atoms with Gasteiger partial charge in [-0.2, -0.15) is 0 Å². The molecule has 0 radical (unpaired) electrons. The van der Waals surface area contributed by atoms with Gasteiger partial charge in [-0.1, -0.05) is 51.1 Å². The van der Waals surface area contributed by atoms with E-state index < -0.39 is 0 Å². The van der Waals surface area contributed by atoms with Gasteiger partial charge in [0, 0.05) is 17.5 Å². The average molecular weight is 273 g/mol. The van der Waals surface area contributed by atoms with Crippen molar-refractivity contribution in [3.63, 3.8) is 0 Å². The fourth-order valence-electron chi connectivity index (χ4n) is 3.09. The van der Waals surface area contributed by atoms with E-state index in [9.17, 15) is 4.79 Å². The Morgan fingerprint density at radius 2 is 1.90 bits per heavy atom. The van der Waals surface area contributed by atoms with E-state index in [4.69, 9.17) is 0 Å². The fraction of sp³-hybridized carbons (Fsp3) is 0.611. The number of likely N-dealkylation sites (tertiary alicyclic amines) is 1. The lowest BCUT2D eigenvalue weighted by molar-refractivity contribution is 0.0766. The summed E-state index contributed by atoms with van der Waals surface area (Å²) >= 11 is 0. The highest BCUT2D eigenvalue weighted by atomic mass is 16.1. The number of carbonyl (C=O) groups excluding carboxylic acids is 1. The molecule has 1 unspecified atom stereocenters. The highest BCUT2D eigenvalue weighted by molar-refractivity contribution is 6.00. The van der Waals surface area contributed by atoms with Crippen LogP contribution >= 0.6 is 0 Å². The summed E-state index contributed by atoms with van der Waals surface area (Å²) in [6, 6.07) is 9.69. The smallest absolute Gasteiger partial charge is 0.169 e. The Morgan fingerprint density at radius 3 is 2.60 bits per heavy atom. The zero-order chi connectivity index (χ0) is 14.6. The van der Waals surface area contributed by atoms with E-state index in [1.165, 1.54) is 19.3 Å². The first-order valence-electron chi connectivity index (χ1n) is 7.81. The molecule has 0 saturated carbocycles. The third kappa shape index (κ3) is 3.92. The third-order valence-corrected chi connectivity index (χ3v) is 4.38. The van der Waals surface area contributed by atoms with Crippen molar-refractivity contribution in [2.45, 2.75) is 40.0 Å². The van der Waals surface area contributed by atoms with Gasteiger partial charge < -0.3 is 4.90 Å². The molecule has 20 heavy (non-hydrogen) atoms. The predicted molar refractivity (Wildman–Crippen MR) is 84.0 cm³/mol. The molecular formula is C18H27NO. The number of hydrogen-bond donors (Lipinski definition) is 0. The minimum Gasteiger partial charge on any atom is -0.302 e. The highest BCUT2D eigenvalue weighted by Crippen LogP contribution is 2.25. The molecule has 0 aromatic heterocycles. The number of Topliss-reactive ketones (excluding diaryl/α,β-unsaturated/α-hetero) is 1. The van der Waals surface area contributed by atoms with Gasteiger partial charge in [0.15, 0.2) is 5.78 Å². The molecule has 1 heterocycles. The molecule has 0 amide bonds. The summed E-state index contributed by atoms with van der Waals surface area (Å²) in [4.78, 5) is 15.1. The summed E-state index contributed by atoms with van der Waals surface area (Å²) in [5.41, 5.74) is 0.523. The maximum Gasteiger partial charge on any atom is 0.169 e. The summed E-state index contributed by atoms with van der Waals surface area (Å²) in [6.45, 7) is 9.63. The van der Waals surface area contributed by atoms with Crippen LogP contribution in [0.3, 0.4) is 0 Å². The van der Waals surface area contributed by atoms with Crippen molar-refractivity contribution >= 4 is 5.78 Å². The Morgan fingerprint density at radius 1 is 1.20 bits per heavy atom. The first-order valence-corrected chi connectivity index (χ1v) is 7.81. The molecule has 1 aliphatic heterocycles. The molecular weight excluding hydrogens is 246 g/mol. The van der Waals surface area contributed by atoms with Crippen LogP contribution in [0.4, 0.5) is 0 Å². The van der Waals surface area contributed by atoms with E-state index in [2.05, 4.69) is 25.7 Å². The minimum atomic E-state index is -0.311. The SMILES string of the molecule is CC1CCCN(CC(C)(C)C(=O)c2ccccc2)CC1. The normalized spacial score (nSPS) is 21.4. The molecule has 1 aliphatic rings. The van der Waals surface area contributed by atoms with Crippen LogP contribution in [-0.2, 0) is 0 Å². The summed E-state index contributed by atoms with van der Waals surface area (Å²) in [5, 5.41) is 0. The molecule has 2 heteroatoms. The Kier molecular flexibility index (Phi) is 4.98. The first kappa shape index (κ1) is 15.2. The fourth-order valence-corrected chi connectivity index (χ4v) is 3.09. The molecule has 0 bridgehead atoms. The van der Waals surface area contributed by atoms with E-state index in [0.717, 1.165) is 31.1 Å². The largest absolute Gasteiger partial charge is 0.302 e. The molecule has 1 saturated heterocycles. The molecule has 2 nitrogen and oxygen atoms in total. The monoisotopic (exact) mass is 273 g/mol. The van der Waals surface area contributed by atoms with Crippen LogP contribution in [0.15, 0.2) is 30.3 Å². The number of ketones is 1. The minimum absolute atomic E-state index is 0.260. The van der Waals surface area contributed by atoms with Crippen LogP contribution in [0.2, 0.25) is 0 Å². The van der Waals surface area contributed by atoms with Crippen molar-refractivity contribution in [1.29, 1.82) is 0 Å². The molecule has 1 atom stereocenters. The van der Waals surface area contributed by atoms with Crippen molar-refractivity contribution in [2.75, 3.05) is 19.6 Å². The van der Waals surface area contributed by atoms with Crippen LogP contribution in [-0.4, -0.2) is 30.3 Å². The van der Waals surface area contributed by atoms with Crippen LogP contribution in [0.1, 0.15) is 50.4 Å².